The lowest BCUT2D eigenvalue weighted by molar-refractivity contribution is 0.0615. The molecule has 0 saturated carbocycles. The summed E-state index contributed by atoms with van der Waals surface area (Å²) in [6, 6.07) is 3.53. The van der Waals surface area contributed by atoms with Crippen molar-refractivity contribution < 1.29 is 19.1 Å². The molecule has 9 nitrogen and oxygen atoms in total. The summed E-state index contributed by atoms with van der Waals surface area (Å²) >= 11 is 5.87. The molecule has 1 aliphatic heterocycles. The van der Waals surface area contributed by atoms with Crippen LogP contribution in [0.2, 0.25) is 5.02 Å². The second-order valence-corrected chi connectivity index (χ2v) is 9.02. The summed E-state index contributed by atoms with van der Waals surface area (Å²) in [7, 11) is 0. The molecule has 11 heteroatoms. The number of halogens is 2. The zero-order chi connectivity index (χ0) is 24.9. The number of hydrogen-bond donors (Lipinski definition) is 2. The maximum Gasteiger partial charge on any atom is 0.280 e. The number of hydrogen-bond acceptors (Lipinski definition) is 5. The maximum absolute atomic E-state index is 13.6. The Hall–Kier alpha value is -3.40. The quantitative estimate of drug-likeness (QED) is 0.572. The van der Waals surface area contributed by atoms with E-state index >= 15 is 0 Å². The van der Waals surface area contributed by atoms with Gasteiger partial charge in [0.2, 0.25) is 0 Å². The van der Waals surface area contributed by atoms with E-state index in [4.69, 9.17) is 11.6 Å². The SMILES string of the molecule is CCNC(=O)c1nn(Cc2ccc(F)c(Cl)c2)c(=O)c2c(O)c3n(c12)[C@@H](C)CN(C(C)C)C3=O. The summed E-state index contributed by atoms with van der Waals surface area (Å²) < 4.78 is 16.1. The number of amides is 2. The van der Waals surface area contributed by atoms with Gasteiger partial charge in [0.05, 0.1) is 17.1 Å². The fourth-order valence-corrected chi connectivity index (χ4v) is 4.55. The van der Waals surface area contributed by atoms with E-state index in [0.717, 1.165) is 4.68 Å². The lowest BCUT2D eigenvalue weighted by Gasteiger charge is -2.36. The third-order valence-corrected chi connectivity index (χ3v) is 6.22. The Bertz CT molecular complexity index is 1380. The zero-order valence-corrected chi connectivity index (χ0v) is 20.0. The normalized spacial score (nSPS) is 15.8. The molecular weight excluding hydrogens is 465 g/mol. The van der Waals surface area contributed by atoms with Crippen molar-refractivity contribution in [2.45, 2.75) is 46.3 Å². The first-order valence-corrected chi connectivity index (χ1v) is 11.4. The summed E-state index contributed by atoms with van der Waals surface area (Å²) in [6.07, 6.45) is 0. The van der Waals surface area contributed by atoms with E-state index in [1.54, 1.807) is 11.8 Å². The predicted octanol–water partition coefficient (Wildman–Crippen LogP) is 2.92. The highest BCUT2D eigenvalue weighted by molar-refractivity contribution is 6.30. The average molecular weight is 490 g/mol. The van der Waals surface area contributed by atoms with Gasteiger partial charge in [-0.2, -0.15) is 5.10 Å². The largest absolute Gasteiger partial charge is 0.505 e. The van der Waals surface area contributed by atoms with E-state index in [9.17, 15) is 23.9 Å². The van der Waals surface area contributed by atoms with E-state index in [1.165, 1.54) is 22.8 Å². The molecule has 0 unspecified atom stereocenters. The van der Waals surface area contributed by atoms with Crippen molar-refractivity contribution >= 4 is 34.3 Å². The van der Waals surface area contributed by atoms with Gasteiger partial charge < -0.3 is 19.9 Å². The molecule has 2 amide bonds. The number of carbonyl (C=O) groups excluding carboxylic acids is 2. The molecule has 0 fully saturated rings. The van der Waals surface area contributed by atoms with Crippen LogP contribution >= 0.6 is 11.6 Å². The third-order valence-electron chi connectivity index (χ3n) is 5.93. The Morgan fingerprint density at radius 2 is 2.06 bits per heavy atom. The van der Waals surface area contributed by atoms with Crippen LogP contribution in [0.3, 0.4) is 0 Å². The minimum atomic E-state index is -0.681. The molecule has 3 aromatic rings. The number of fused-ring (bicyclic) bond motifs is 3. The number of aromatic nitrogens is 3. The molecule has 0 spiro atoms. The molecule has 34 heavy (non-hydrogen) atoms. The predicted molar refractivity (Wildman–Crippen MR) is 125 cm³/mol. The first-order valence-electron chi connectivity index (χ1n) is 11.0. The number of carbonyl (C=O) groups is 2. The van der Waals surface area contributed by atoms with Crippen LogP contribution in [0.25, 0.3) is 10.9 Å². The van der Waals surface area contributed by atoms with Gasteiger partial charge in [0.25, 0.3) is 17.4 Å². The fraction of sp³-hybridized carbons (Fsp3) is 0.391. The van der Waals surface area contributed by atoms with Crippen molar-refractivity contribution in [2.75, 3.05) is 13.1 Å². The van der Waals surface area contributed by atoms with Gasteiger partial charge in [-0.1, -0.05) is 17.7 Å². The number of aromatic hydroxyl groups is 1. The standard InChI is InChI=1S/C23H25ClFN5O4/c1-5-26-21(32)17-18-16(20(31)19-23(34)28(11(2)3)9-12(4)30(18)19)22(33)29(27-17)10-13-6-7-15(25)14(24)8-13/h6-8,11-12,31H,5,9-10H2,1-4H3,(H,26,32)/t12-/m0/s1. The van der Waals surface area contributed by atoms with Crippen LogP contribution in [0.5, 0.6) is 5.75 Å². The van der Waals surface area contributed by atoms with E-state index in [2.05, 4.69) is 10.4 Å². The highest BCUT2D eigenvalue weighted by atomic mass is 35.5. The second-order valence-electron chi connectivity index (χ2n) is 8.61. The molecule has 4 rings (SSSR count). The molecule has 1 aliphatic rings. The molecule has 0 bridgehead atoms. The molecular formula is C23H25ClFN5O4. The first kappa shape index (κ1) is 23.7. The number of benzene rings is 1. The van der Waals surface area contributed by atoms with Crippen LogP contribution in [-0.4, -0.2) is 55.3 Å². The van der Waals surface area contributed by atoms with Crippen LogP contribution in [-0.2, 0) is 6.54 Å². The molecule has 0 radical (unpaired) electrons. The number of rotatable bonds is 5. The van der Waals surface area contributed by atoms with Gasteiger partial charge in [-0.25, -0.2) is 9.07 Å². The zero-order valence-electron chi connectivity index (χ0n) is 19.2. The van der Waals surface area contributed by atoms with E-state index in [1.807, 2.05) is 20.8 Å². The van der Waals surface area contributed by atoms with Gasteiger partial charge in [0.1, 0.15) is 11.2 Å². The topological polar surface area (TPSA) is 109 Å². The van der Waals surface area contributed by atoms with Crippen molar-refractivity contribution in [1.82, 2.24) is 24.6 Å². The van der Waals surface area contributed by atoms with Gasteiger partial charge in [-0.05, 0) is 45.4 Å². The van der Waals surface area contributed by atoms with Crippen molar-refractivity contribution in [3.8, 4) is 5.75 Å². The minimum Gasteiger partial charge on any atom is -0.505 e. The average Bonchev–Trinajstić information content (AvgIpc) is 3.09. The van der Waals surface area contributed by atoms with E-state index in [-0.39, 0.29) is 45.9 Å². The van der Waals surface area contributed by atoms with Gasteiger partial charge in [-0.15, -0.1) is 0 Å². The van der Waals surface area contributed by atoms with Crippen LogP contribution in [0.4, 0.5) is 4.39 Å². The molecule has 0 aliphatic carbocycles. The molecule has 0 saturated heterocycles. The number of nitrogens with one attached hydrogen (secondary N) is 1. The lowest BCUT2D eigenvalue weighted by Crippen LogP contribution is -2.45. The molecule has 2 N–H and O–H groups in total. The van der Waals surface area contributed by atoms with Crippen molar-refractivity contribution in [3.63, 3.8) is 0 Å². The summed E-state index contributed by atoms with van der Waals surface area (Å²) in [5, 5.41) is 17.8. The van der Waals surface area contributed by atoms with Crippen LogP contribution in [0.1, 0.15) is 60.3 Å². The van der Waals surface area contributed by atoms with Gasteiger partial charge in [-0.3, -0.25) is 14.4 Å². The Kier molecular flexibility index (Phi) is 6.11. The van der Waals surface area contributed by atoms with Crippen LogP contribution in [0, 0.1) is 5.82 Å². The van der Waals surface area contributed by atoms with Crippen molar-refractivity contribution in [1.29, 1.82) is 0 Å². The summed E-state index contributed by atoms with van der Waals surface area (Å²) in [5.41, 5.74) is -0.237. The molecule has 3 heterocycles. The van der Waals surface area contributed by atoms with E-state index in [0.29, 0.717) is 18.7 Å². The van der Waals surface area contributed by atoms with Crippen LogP contribution < -0.4 is 10.9 Å². The Morgan fingerprint density at radius 3 is 2.68 bits per heavy atom. The highest BCUT2D eigenvalue weighted by Crippen LogP contribution is 2.38. The van der Waals surface area contributed by atoms with Gasteiger partial charge in [0, 0.05) is 25.2 Å². The minimum absolute atomic E-state index is 0.0468. The summed E-state index contributed by atoms with van der Waals surface area (Å²) in [5.74, 6) is -2.07. The summed E-state index contributed by atoms with van der Waals surface area (Å²) in [4.78, 5) is 41.3. The van der Waals surface area contributed by atoms with Crippen LogP contribution in [0.15, 0.2) is 23.0 Å². The fourth-order valence-electron chi connectivity index (χ4n) is 4.35. The molecule has 1 aromatic carbocycles. The van der Waals surface area contributed by atoms with Gasteiger partial charge >= 0.3 is 0 Å². The Labute approximate surface area is 199 Å². The molecule has 1 atom stereocenters. The first-order chi connectivity index (χ1) is 16.1. The van der Waals surface area contributed by atoms with Crippen molar-refractivity contribution in [3.05, 3.63) is 56.3 Å². The summed E-state index contributed by atoms with van der Waals surface area (Å²) in [6.45, 7) is 7.84. The highest BCUT2D eigenvalue weighted by Gasteiger charge is 2.38. The van der Waals surface area contributed by atoms with Gasteiger partial charge in [0.15, 0.2) is 17.1 Å². The third kappa shape index (κ3) is 3.71. The van der Waals surface area contributed by atoms with E-state index < -0.39 is 28.9 Å². The second kappa shape index (κ2) is 8.75. The Morgan fingerprint density at radius 1 is 1.35 bits per heavy atom. The molecule has 2 aromatic heterocycles. The monoisotopic (exact) mass is 489 g/mol. The Balaban J connectivity index is 2.01. The lowest BCUT2D eigenvalue weighted by atomic mass is 10.1. The van der Waals surface area contributed by atoms with Crippen molar-refractivity contribution in [2.24, 2.45) is 0 Å². The maximum atomic E-state index is 13.6. The molecule has 180 valence electrons. The number of nitrogens with zero attached hydrogens (tertiary/aromatic N) is 4. The smallest absolute Gasteiger partial charge is 0.280 e.